The number of aromatic nitrogens is 2. The Morgan fingerprint density at radius 3 is 2.75 bits per heavy atom. The number of ketones is 1. The topological polar surface area (TPSA) is 109 Å². The van der Waals surface area contributed by atoms with E-state index in [9.17, 15) is 14.4 Å². The second kappa shape index (κ2) is 10.6. The van der Waals surface area contributed by atoms with E-state index in [0.717, 1.165) is 42.3 Å². The number of nitrogens with one attached hydrogen (secondary N) is 2. The van der Waals surface area contributed by atoms with Crippen molar-refractivity contribution in [2.24, 2.45) is 5.92 Å². The van der Waals surface area contributed by atoms with E-state index in [0.29, 0.717) is 44.3 Å². The van der Waals surface area contributed by atoms with Crippen LogP contribution in [-0.4, -0.2) is 51.8 Å². The Labute approximate surface area is 210 Å². The van der Waals surface area contributed by atoms with Gasteiger partial charge in [0, 0.05) is 38.0 Å². The van der Waals surface area contributed by atoms with Crippen LogP contribution in [0.15, 0.2) is 41.0 Å². The average Bonchev–Trinajstić information content (AvgIpc) is 3.65. The van der Waals surface area contributed by atoms with Gasteiger partial charge in [-0.3, -0.25) is 14.9 Å². The van der Waals surface area contributed by atoms with Crippen molar-refractivity contribution < 1.29 is 18.8 Å². The highest BCUT2D eigenvalue weighted by Crippen LogP contribution is 2.32. The first-order valence-electron chi connectivity index (χ1n) is 12.9. The summed E-state index contributed by atoms with van der Waals surface area (Å²) in [6.45, 7) is 4.53. The second-order valence-corrected chi connectivity index (χ2v) is 9.80. The van der Waals surface area contributed by atoms with Crippen LogP contribution in [-0.2, 0) is 11.3 Å². The van der Waals surface area contributed by atoms with E-state index in [1.54, 1.807) is 17.0 Å². The number of urea groups is 1. The van der Waals surface area contributed by atoms with E-state index in [1.807, 2.05) is 29.7 Å². The summed E-state index contributed by atoms with van der Waals surface area (Å²) in [5, 5.41) is 5.69. The lowest BCUT2D eigenvalue weighted by atomic mass is 9.80. The molecule has 9 nitrogen and oxygen atoms in total. The van der Waals surface area contributed by atoms with Crippen LogP contribution in [0.2, 0.25) is 0 Å². The molecule has 9 heteroatoms. The molecule has 2 N–H and O–H groups in total. The van der Waals surface area contributed by atoms with Crippen LogP contribution >= 0.6 is 0 Å². The Morgan fingerprint density at radius 2 is 2.03 bits per heavy atom. The van der Waals surface area contributed by atoms with Gasteiger partial charge in [-0.25, -0.2) is 9.78 Å². The number of anilines is 1. The van der Waals surface area contributed by atoms with Gasteiger partial charge in [0.05, 0.1) is 17.3 Å². The molecule has 1 atom stereocenters. The number of hydrogen-bond acceptors (Lipinski definition) is 5. The molecule has 0 spiro atoms. The van der Waals surface area contributed by atoms with Gasteiger partial charge in [0.15, 0.2) is 5.76 Å². The zero-order valence-electron chi connectivity index (χ0n) is 20.7. The SMILES string of the molecule is CC(C(=O)C1CCCCC1)c1ccc2c(c1)nc(NC(=O)c1ccco1)n2CCCN1CCNC1=O. The fraction of sp³-hybridized carbons (Fsp3) is 0.481. The predicted octanol–water partition coefficient (Wildman–Crippen LogP) is 4.55. The van der Waals surface area contributed by atoms with Gasteiger partial charge in [0.2, 0.25) is 5.95 Å². The first-order chi connectivity index (χ1) is 17.5. The molecule has 0 radical (unpaired) electrons. The third-order valence-electron chi connectivity index (χ3n) is 7.43. The maximum absolute atomic E-state index is 13.1. The minimum atomic E-state index is -0.378. The Bertz CT molecular complexity index is 1240. The van der Waals surface area contributed by atoms with Gasteiger partial charge in [0.1, 0.15) is 5.78 Å². The molecular weight excluding hydrogens is 458 g/mol. The Hall–Kier alpha value is -3.62. The average molecular weight is 492 g/mol. The summed E-state index contributed by atoms with van der Waals surface area (Å²) in [6, 6.07) is 9.16. The molecular formula is C27H33N5O4. The van der Waals surface area contributed by atoms with Crippen molar-refractivity contribution in [3.8, 4) is 0 Å². The molecule has 1 saturated carbocycles. The second-order valence-electron chi connectivity index (χ2n) is 9.80. The van der Waals surface area contributed by atoms with E-state index in [2.05, 4.69) is 10.6 Å². The number of benzene rings is 1. The third kappa shape index (κ3) is 5.01. The van der Waals surface area contributed by atoms with Gasteiger partial charge < -0.3 is 19.2 Å². The molecule has 2 aliphatic rings. The van der Waals surface area contributed by atoms with E-state index in [4.69, 9.17) is 9.40 Å². The van der Waals surface area contributed by atoms with Gasteiger partial charge in [-0.15, -0.1) is 0 Å². The summed E-state index contributed by atoms with van der Waals surface area (Å²) >= 11 is 0. The number of carbonyl (C=O) groups is 3. The summed E-state index contributed by atoms with van der Waals surface area (Å²) in [6.07, 6.45) is 7.61. The number of imidazole rings is 1. The minimum absolute atomic E-state index is 0.0434. The van der Waals surface area contributed by atoms with Crippen LogP contribution in [0.5, 0.6) is 0 Å². The molecule has 5 rings (SSSR count). The van der Waals surface area contributed by atoms with Crippen molar-refractivity contribution in [2.45, 2.75) is 57.9 Å². The lowest BCUT2D eigenvalue weighted by Crippen LogP contribution is -2.29. The maximum atomic E-state index is 13.1. The van der Waals surface area contributed by atoms with Crippen molar-refractivity contribution in [2.75, 3.05) is 25.0 Å². The van der Waals surface area contributed by atoms with Crippen LogP contribution < -0.4 is 10.6 Å². The van der Waals surface area contributed by atoms with E-state index in [1.165, 1.54) is 12.7 Å². The Kier molecular flexibility index (Phi) is 7.06. The number of amides is 3. The van der Waals surface area contributed by atoms with Crippen LogP contribution in [0.3, 0.4) is 0 Å². The number of carbonyl (C=O) groups excluding carboxylic acids is 3. The Balaban J connectivity index is 1.39. The first kappa shape index (κ1) is 24.1. The number of aryl methyl sites for hydroxylation is 1. The smallest absolute Gasteiger partial charge is 0.317 e. The summed E-state index contributed by atoms with van der Waals surface area (Å²) in [5.41, 5.74) is 2.54. The number of furan rings is 1. The van der Waals surface area contributed by atoms with Gasteiger partial charge in [-0.1, -0.05) is 32.3 Å². The molecule has 1 unspecified atom stereocenters. The fourth-order valence-corrected chi connectivity index (χ4v) is 5.36. The summed E-state index contributed by atoms with van der Waals surface area (Å²) in [4.78, 5) is 44.3. The number of fused-ring (bicyclic) bond motifs is 1. The minimum Gasteiger partial charge on any atom is -0.459 e. The number of nitrogens with zero attached hydrogens (tertiary/aromatic N) is 3. The Morgan fingerprint density at radius 1 is 1.19 bits per heavy atom. The van der Waals surface area contributed by atoms with E-state index in [-0.39, 0.29) is 29.5 Å². The van der Waals surface area contributed by atoms with Crippen molar-refractivity contribution in [1.29, 1.82) is 0 Å². The fourth-order valence-electron chi connectivity index (χ4n) is 5.36. The molecule has 190 valence electrons. The monoisotopic (exact) mass is 491 g/mol. The van der Waals surface area contributed by atoms with Crippen molar-refractivity contribution in [3.63, 3.8) is 0 Å². The quantitative estimate of drug-likeness (QED) is 0.456. The molecule has 2 fully saturated rings. The van der Waals surface area contributed by atoms with Crippen molar-refractivity contribution in [3.05, 3.63) is 47.9 Å². The lowest BCUT2D eigenvalue weighted by Gasteiger charge is -2.23. The molecule has 3 heterocycles. The standard InChI is InChI=1S/C27H33N5O4/c1-18(24(33)19-7-3-2-4-8-19)20-10-11-22-21(17-20)29-26(30-25(34)23-9-5-16-36-23)32(22)14-6-13-31-15-12-28-27(31)35/h5,9-11,16-19H,2-4,6-8,12-15H2,1H3,(H,28,35)(H,29,30,34). The maximum Gasteiger partial charge on any atom is 0.317 e. The molecule has 2 aromatic heterocycles. The zero-order valence-corrected chi connectivity index (χ0v) is 20.7. The molecule has 1 aromatic carbocycles. The highest BCUT2D eigenvalue weighted by Gasteiger charge is 2.27. The van der Waals surface area contributed by atoms with Gasteiger partial charge in [0.25, 0.3) is 5.91 Å². The number of hydrogen-bond donors (Lipinski definition) is 2. The van der Waals surface area contributed by atoms with Crippen LogP contribution in [0.4, 0.5) is 10.7 Å². The summed E-state index contributed by atoms with van der Waals surface area (Å²) < 4.78 is 7.20. The third-order valence-corrected chi connectivity index (χ3v) is 7.43. The highest BCUT2D eigenvalue weighted by molar-refractivity contribution is 6.02. The van der Waals surface area contributed by atoms with Crippen LogP contribution in [0, 0.1) is 5.92 Å². The lowest BCUT2D eigenvalue weighted by molar-refractivity contribution is -0.124. The number of Topliss-reactive ketones (excluding diaryl/α,β-unsaturated/α-hetero) is 1. The van der Waals surface area contributed by atoms with Gasteiger partial charge >= 0.3 is 6.03 Å². The molecule has 1 saturated heterocycles. The molecule has 3 aromatic rings. The van der Waals surface area contributed by atoms with E-state index >= 15 is 0 Å². The summed E-state index contributed by atoms with van der Waals surface area (Å²) in [5.74, 6) is 0.501. The normalized spacial score (nSPS) is 17.4. The van der Waals surface area contributed by atoms with E-state index < -0.39 is 0 Å². The number of rotatable bonds is 9. The highest BCUT2D eigenvalue weighted by atomic mass is 16.3. The van der Waals surface area contributed by atoms with Gasteiger partial charge in [-0.2, -0.15) is 0 Å². The molecule has 3 amide bonds. The summed E-state index contributed by atoms with van der Waals surface area (Å²) in [7, 11) is 0. The largest absolute Gasteiger partial charge is 0.459 e. The first-order valence-corrected chi connectivity index (χ1v) is 12.9. The zero-order chi connectivity index (χ0) is 25.1. The van der Waals surface area contributed by atoms with Crippen LogP contribution in [0.25, 0.3) is 11.0 Å². The molecule has 36 heavy (non-hydrogen) atoms. The van der Waals surface area contributed by atoms with Crippen molar-refractivity contribution in [1.82, 2.24) is 19.8 Å². The van der Waals surface area contributed by atoms with Crippen LogP contribution in [0.1, 0.15) is 67.5 Å². The predicted molar refractivity (Wildman–Crippen MR) is 136 cm³/mol. The van der Waals surface area contributed by atoms with Crippen molar-refractivity contribution >= 4 is 34.7 Å². The molecule has 0 bridgehead atoms. The van der Waals surface area contributed by atoms with Gasteiger partial charge in [-0.05, 0) is 49.1 Å². The molecule has 1 aliphatic heterocycles. The molecule has 1 aliphatic carbocycles.